The van der Waals surface area contributed by atoms with Gasteiger partial charge in [-0.05, 0) is 43.7 Å². The lowest BCUT2D eigenvalue weighted by atomic mass is 9.89. The van der Waals surface area contributed by atoms with Gasteiger partial charge >= 0.3 is 5.97 Å². The zero-order valence-electron chi connectivity index (χ0n) is 9.86. The summed E-state index contributed by atoms with van der Waals surface area (Å²) in [5, 5.41) is 0.382. The van der Waals surface area contributed by atoms with Gasteiger partial charge < -0.3 is 4.74 Å². The Labute approximate surface area is 106 Å². The predicted octanol–water partition coefficient (Wildman–Crippen LogP) is 3.47. The highest BCUT2D eigenvalue weighted by Gasteiger charge is 2.22. The van der Waals surface area contributed by atoms with Crippen molar-refractivity contribution in [2.24, 2.45) is 5.92 Å². The molecule has 1 heterocycles. The molecule has 0 amide bonds. The molecule has 0 atom stereocenters. The zero-order chi connectivity index (χ0) is 12.3. The minimum atomic E-state index is -0.297. The number of aromatic nitrogens is 1. The van der Waals surface area contributed by atoms with Crippen molar-refractivity contribution >= 4 is 17.6 Å². The third-order valence-electron chi connectivity index (χ3n) is 3.20. The molecule has 4 heteroatoms. The number of pyridine rings is 1. The number of hydrogen-bond acceptors (Lipinski definition) is 3. The normalized spacial score (nSPS) is 24.4. The second-order valence-electron chi connectivity index (χ2n) is 4.66. The molecule has 2 rings (SSSR count). The highest BCUT2D eigenvalue weighted by Crippen LogP contribution is 2.26. The Bertz CT molecular complexity index is 383. The number of rotatable bonds is 2. The summed E-state index contributed by atoms with van der Waals surface area (Å²) < 4.78 is 5.44. The van der Waals surface area contributed by atoms with Crippen molar-refractivity contribution in [2.45, 2.75) is 38.7 Å². The van der Waals surface area contributed by atoms with Crippen LogP contribution in [0.25, 0.3) is 0 Å². The van der Waals surface area contributed by atoms with E-state index in [2.05, 4.69) is 11.9 Å². The van der Waals surface area contributed by atoms with Gasteiger partial charge in [0.25, 0.3) is 0 Å². The molecule has 0 radical (unpaired) electrons. The molecule has 0 aromatic carbocycles. The molecule has 0 spiro atoms. The van der Waals surface area contributed by atoms with Crippen LogP contribution in [0.15, 0.2) is 18.3 Å². The summed E-state index contributed by atoms with van der Waals surface area (Å²) in [4.78, 5) is 15.7. The lowest BCUT2D eigenvalue weighted by molar-refractivity contribution is 0.0173. The van der Waals surface area contributed by atoms with Crippen LogP contribution in [0.1, 0.15) is 43.0 Å². The average Bonchev–Trinajstić information content (AvgIpc) is 2.33. The molecule has 3 nitrogen and oxygen atoms in total. The molecule has 1 aliphatic carbocycles. The Morgan fingerprint density at radius 2 is 2.06 bits per heavy atom. The first kappa shape index (κ1) is 12.4. The van der Waals surface area contributed by atoms with Crippen LogP contribution in [0.2, 0.25) is 5.15 Å². The summed E-state index contributed by atoms with van der Waals surface area (Å²) in [5.41, 5.74) is 0.466. The molecule has 0 aliphatic heterocycles. The van der Waals surface area contributed by atoms with E-state index in [0.29, 0.717) is 10.7 Å². The molecule has 0 N–H and O–H groups in total. The Morgan fingerprint density at radius 3 is 2.65 bits per heavy atom. The molecular weight excluding hydrogens is 238 g/mol. The van der Waals surface area contributed by atoms with Gasteiger partial charge in [0.1, 0.15) is 11.3 Å². The molecule has 0 saturated heterocycles. The van der Waals surface area contributed by atoms with Crippen molar-refractivity contribution < 1.29 is 9.53 Å². The Balaban J connectivity index is 1.91. The molecule has 17 heavy (non-hydrogen) atoms. The maximum atomic E-state index is 11.8. The van der Waals surface area contributed by atoms with Gasteiger partial charge in [0, 0.05) is 6.20 Å². The first-order valence-electron chi connectivity index (χ1n) is 5.97. The first-order chi connectivity index (χ1) is 8.15. The summed E-state index contributed by atoms with van der Waals surface area (Å²) in [6, 6.07) is 3.24. The van der Waals surface area contributed by atoms with Crippen LogP contribution in [0.4, 0.5) is 0 Å². The van der Waals surface area contributed by atoms with E-state index in [1.807, 2.05) is 0 Å². The van der Waals surface area contributed by atoms with Crippen LogP contribution >= 0.6 is 11.6 Å². The smallest absolute Gasteiger partial charge is 0.339 e. The Morgan fingerprint density at radius 1 is 1.35 bits per heavy atom. The van der Waals surface area contributed by atoms with Crippen molar-refractivity contribution in [1.82, 2.24) is 4.98 Å². The minimum Gasteiger partial charge on any atom is -0.459 e. The summed E-state index contributed by atoms with van der Waals surface area (Å²) in [7, 11) is 0. The fourth-order valence-corrected chi connectivity index (χ4v) is 2.18. The molecule has 1 fully saturated rings. The lowest BCUT2D eigenvalue weighted by Crippen LogP contribution is -2.23. The van der Waals surface area contributed by atoms with Crippen LogP contribution in [0.5, 0.6) is 0 Å². The summed E-state index contributed by atoms with van der Waals surface area (Å²) in [6.07, 6.45) is 5.72. The van der Waals surface area contributed by atoms with Crippen molar-refractivity contribution in [3.8, 4) is 0 Å². The summed E-state index contributed by atoms with van der Waals surface area (Å²) >= 11 is 5.66. The molecule has 0 bridgehead atoms. The predicted molar refractivity (Wildman–Crippen MR) is 66.1 cm³/mol. The van der Waals surface area contributed by atoms with Gasteiger partial charge in [0.15, 0.2) is 0 Å². The van der Waals surface area contributed by atoms with Crippen LogP contribution in [0.3, 0.4) is 0 Å². The lowest BCUT2D eigenvalue weighted by Gasteiger charge is -2.25. The third kappa shape index (κ3) is 3.43. The van der Waals surface area contributed by atoms with E-state index in [1.54, 1.807) is 12.1 Å². The molecule has 0 unspecified atom stereocenters. The summed E-state index contributed by atoms with van der Waals surface area (Å²) in [5.74, 6) is 0.455. The van der Waals surface area contributed by atoms with Crippen LogP contribution in [-0.4, -0.2) is 17.1 Å². The summed E-state index contributed by atoms with van der Waals surface area (Å²) in [6.45, 7) is 2.24. The van der Waals surface area contributed by atoms with E-state index in [4.69, 9.17) is 16.3 Å². The largest absolute Gasteiger partial charge is 0.459 e. The van der Waals surface area contributed by atoms with Gasteiger partial charge in [0.2, 0.25) is 0 Å². The fraction of sp³-hybridized carbons (Fsp3) is 0.538. The quantitative estimate of drug-likeness (QED) is 0.598. The highest BCUT2D eigenvalue weighted by atomic mass is 35.5. The van der Waals surface area contributed by atoms with Gasteiger partial charge in [-0.3, -0.25) is 0 Å². The van der Waals surface area contributed by atoms with Crippen LogP contribution < -0.4 is 0 Å². The van der Waals surface area contributed by atoms with Gasteiger partial charge in [-0.1, -0.05) is 18.5 Å². The number of halogens is 1. The first-order valence-corrected chi connectivity index (χ1v) is 6.35. The van der Waals surface area contributed by atoms with Crippen molar-refractivity contribution in [1.29, 1.82) is 0 Å². The minimum absolute atomic E-state index is 0.0642. The average molecular weight is 254 g/mol. The molecule has 1 aromatic heterocycles. The molecule has 1 saturated carbocycles. The third-order valence-corrected chi connectivity index (χ3v) is 3.42. The Hall–Kier alpha value is -1.09. The SMILES string of the molecule is CC1CCC(OC(=O)c2ccc(Cl)nc2)CC1. The van der Waals surface area contributed by atoms with Gasteiger partial charge in [0.05, 0.1) is 5.56 Å². The Kier molecular flexibility index (Phi) is 4.00. The van der Waals surface area contributed by atoms with E-state index in [1.165, 1.54) is 6.20 Å². The van der Waals surface area contributed by atoms with Gasteiger partial charge in [-0.25, -0.2) is 9.78 Å². The van der Waals surface area contributed by atoms with E-state index >= 15 is 0 Å². The maximum absolute atomic E-state index is 11.8. The van der Waals surface area contributed by atoms with E-state index < -0.39 is 0 Å². The number of nitrogens with zero attached hydrogens (tertiary/aromatic N) is 1. The van der Waals surface area contributed by atoms with E-state index in [-0.39, 0.29) is 12.1 Å². The highest BCUT2D eigenvalue weighted by molar-refractivity contribution is 6.29. The number of carbonyl (C=O) groups excluding carboxylic acids is 1. The van der Waals surface area contributed by atoms with Gasteiger partial charge in [-0.15, -0.1) is 0 Å². The molecule has 92 valence electrons. The molecule has 1 aliphatic rings. The monoisotopic (exact) mass is 253 g/mol. The van der Waals surface area contributed by atoms with Crippen molar-refractivity contribution in [3.63, 3.8) is 0 Å². The second kappa shape index (κ2) is 5.50. The zero-order valence-corrected chi connectivity index (χ0v) is 10.6. The maximum Gasteiger partial charge on any atom is 0.339 e. The number of esters is 1. The second-order valence-corrected chi connectivity index (χ2v) is 5.04. The van der Waals surface area contributed by atoms with Crippen LogP contribution in [0, 0.1) is 5.92 Å². The molecular formula is C13H16ClNO2. The van der Waals surface area contributed by atoms with E-state index in [0.717, 1.165) is 31.6 Å². The number of hydrogen-bond donors (Lipinski definition) is 0. The van der Waals surface area contributed by atoms with Crippen molar-refractivity contribution in [2.75, 3.05) is 0 Å². The fourth-order valence-electron chi connectivity index (χ4n) is 2.06. The number of ether oxygens (including phenoxy) is 1. The van der Waals surface area contributed by atoms with Crippen LogP contribution in [-0.2, 0) is 4.74 Å². The van der Waals surface area contributed by atoms with Crippen molar-refractivity contribution in [3.05, 3.63) is 29.0 Å². The van der Waals surface area contributed by atoms with Gasteiger partial charge in [-0.2, -0.15) is 0 Å². The topological polar surface area (TPSA) is 39.2 Å². The standard InChI is InChI=1S/C13H16ClNO2/c1-9-2-5-11(6-3-9)17-13(16)10-4-7-12(14)15-8-10/h4,7-9,11H,2-3,5-6H2,1H3. The number of carbonyl (C=O) groups is 1. The molecule has 1 aromatic rings. The van der Waals surface area contributed by atoms with E-state index in [9.17, 15) is 4.79 Å².